The van der Waals surface area contributed by atoms with Crippen LogP contribution in [0.5, 0.6) is 0 Å². The van der Waals surface area contributed by atoms with Gasteiger partial charge in [-0.25, -0.2) is 4.68 Å². The molecule has 1 aromatic carbocycles. The molecule has 3 aromatic rings. The molecular weight excluding hydrogens is 456 g/mol. The maximum atomic E-state index is 6.25. The molecule has 7 nitrogen and oxygen atoms in total. The number of ether oxygens (including phenoxy) is 2. The molecule has 1 saturated heterocycles. The predicted molar refractivity (Wildman–Crippen MR) is 144 cm³/mol. The summed E-state index contributed by atoms with van der Waals surface area (Å²) in [4.78, 5) is 0. The average molecular weight is 497 g/mol. The van der Waals surface area contributed by atoms with Crippen LogP contribution in [0.15, 0.2) is 31.0 Å². The first-order chi connectivity index (χ1) is 16.6. The lowest BCUT2D eigenvalue weighted by molar-refractivity contribution is -0.0367. The van der Waals surface area contributed by atoms with Gasteiger partial charge in [0.2, 0.25) is 0 Å². The zero-order valence-corrected chi connectivity index (χ0v) is 23.1. The number of fused-ring (bicyclic) bond motifs is 1. The molecule has 0 amide bonds. The molecule has 0 bridgehead atoms. The Balaban J connectivity index is 1.50. The van der Waals surface area contributed by atoms with Gasteiger partial charge in [0.15, 0.2) is 14.5 Å². The highest BCUT2D eigenvalue weighted by Crippen LogP contribution is 2.36. The van der Waals surface area contributed by atoms with Gasteiger partial charge in [-0.15, -0.1) is 0 Å². The molecule has 1 atom stereocenters. The van der Waals surface area contributed by atoms with Gasteiger partial charge in [-0.1, -0.05) is 33.4 Å². The minimum absolute atomic E-state index is 0.0123. The van der Waals surface area contributed by atoms with Gasteiger partial charge >= 0.3 is 0 Å². The minimum atomic E-state index is -1.76. The van der Waals surface area contributed by atoms with Crippen LogP contribution in [-0.4, -0.2) is 47.7 Å². The molecule has 2 aromatic heterocycles. The summed E-state index contributed by atoms with van der Waals surface area (Å²) >= 11 is 0. The number of aryl methyl sites for hydroxylation is 1. The van der Waals surface area contributed by atoms with E-state index in [-0.39, 0.29) is 11.3 Å². The fourth-order valence-corrected chi connectivity index (χ4v) is 5.26. The summed E-state index contributed by atoms with van der Waals surface area (Å²) in [6, 6.07) is 6.45. The van der Waals surface area contributed by atoms with E-state index in [9.17, 15) is 0 Å². The van der Waals surface area contributed by atoms with Crippen LogP contribution in [0.3, 0.4) is 0 Å². The Labute approximate surface area is 210 Å². The first-order valence-corrected chi connectivity index (χ1v) is 15.5. The normalized spacial score (nSPS) is 17.3. The molecule has 0 aliphatic carbocycles. The molecule has 190 valence electrons. The lowest BCUT2D eigenvalue weighted by atomic mass is 10.0. The van der Waals surface area contributed by atoms with Gasteiger partial charge in [0.1, 0.15) is 0 Å². The van der Waals surface area contributed by atoms with E-state index < -0.39 is 8.32 Å². The third-order valence-corrected chi connectivity index (χ3v) is 12.0. The van der Waals surface area contributed by atoms with E-state index in [0.717, 1.165) is 59.3 Å². The molecule has 1 unspecified atom stereocenters. The number of benzene rings is 1. The first kappa shape index (κ1) is 25.8. The van der Waals surface area contributed by atoms with E-state index in [1.165, 1.54) is 0 Å². The van der Waals surface area contributed by atoms with Crippen LogP contribution in [0, 0.1) is 0 Å². The fraction of sp³-hybridized carbons (Fsp3) is 0.556. The Kier molecular flexibility index (Phi) is 7.66. The van der Waals surface area contributed by atoms with Crippen molar-refractivity contribution in [1.29, 1.82) is 0 Å². The van der Waals surface area contributed by atoms with E-state index in [0.29, 0.717) is 19.8 Å². The highest BCUT2D eigenvalue weighted by atomic mass is 28.4. The maximum Gasteiger partial charge on any atom is 0.192 e. The predicted octanol–water partition coefficient (Wildman–Crippen LogP) is 6.32. The summed E-state index contributed by atoms with van der Waals surface area (Å²) < 4.78 is 22.2. The molecular formula is C27H40N4O3Si. The topological polar surface area (TPSA) is 63.3 Å². The van der Waals surface area contributed by atoms with Crippen LogP contribution in [0.25, 0.3) is 28.1 Å². The summed E-state index contributed by atoms with van der Waals surface area (Å²) in [7, 11) is 0.195. The van der Waals surface area contributed by atoms with Gasteiger partial charge in [0.25, 0.3) is 0 Å². The number of aromatic nitrogens is 4. The van der Waals surface area contributed by atoms with Crippen molar-refractivity contribution in [3.05, 3.63) is 42.4 Å². The number of nitrogens with zero attached hydrogens (tertiary/aromatic N) is 4. The molecule has 0 saturated carbocycles. The Morgan fingerprint density at radius 1 is 1.23 bits per heavy atom. The minimum Gasteiger partial charge on any atom is -0.414 e. The molecule has 0 radical (unpaired) electrons. The molecule has 1 aliphatic heterocycles. The third kappa shape index (κ3) is 5.45. The summed E-state index contributed by atoms with van der Waals surface area (Å²) in [5.41, 5.74) is 5.14. The third-order valence-electron chi connectivity index (χ3n) is 7.46. The van der Waals surface area contributed by atoms with Gasteiger partial charge in [0, 0.05) is 24.6 Å². The molecule has 4 rings (SSSR count). The van der Waals surface area contributed by atoms with Crippen molar-refractivity contribution in [3.63, 3.8) is 0 Å². The van der Waals surface area contributed by atoms with E-state index in [4.69, 9.17) is 19.0 Å². The van der Waals surface area contributed by atoms with Gasteiger partial charge < -0.3 is 13.9 Å². The molecule has 1 fully saturated rings. The number of hydrogen-bond acceptors (Lipinski definition) is 5. The van der Waals surface area contributed by atoms with E-state index in [1.807, 2.05) is 28.7 Å². The number of hydrogen-bond donors (Lipinski definition) is 0. The van der Waals surface area contributed by atoms with E-state index >= 15 is 0 Å². The fourth-order valence-electron chi connectivity index (χ4n) is 4.24. The number of rotatable bonds is 9. The van der Waals surface area contributed by atoms with Crippen LogP contribution < -0.4 is 0 Å². The van der Waals surface area contributed by atoms with Gasteiger partial charge in [-0.05, 0) is 61.2 Å². The quantitative estimate of drug-likeness (QED) is 0.256. The van der Waals surface area contributed by atoms with Gasteiger partial charge in [-0.3, -0.25) is 4.68 Å². The Morgan fingerprint density at radius 2 is 2.03 bits per heavy atom. The van der Waals surface area contributed by atoms with Gasteiger partial charge in [0.05, 0.1) is 42.9 Å². The van der Waals surface area contributed by atoms with Crippen molar-refractivity contribution in [1.82, 2.24) is 19.6 Å². The molecule has 0 spiro atoms. The Bertz CT molecular complexity index is 1170. The maximum absolute atomic E-state index is 6.25. The van der Waals surface area contributed by atoms with Crippen LogP contribution in [0.2, 0.25) is 18.1 Å². The van der Waals surface area contributed by atoms with E-state index in [2.05, 4.69) is 63.7 Å². The summed E-state index contributed by atoms with van der Waals surface area (Å²) in [5, 5.41) is 10.6. The Morgan fingerprint density at radius 3 is 2.71 bits per heavy atom. The molecule has 35 heavy (non-hydrogen) atoms. The van der Waals surface area contributed by atoms with E-state index in [1.54, 1.807) is 0 Å². The Hall–Kier alpha value is -2.26. The smallest absolute Gasteiger partial charge is 0.192 e. The highest BCUT2D eigenvalue weighted by molar-refractivity contribution is 6.74. The molecule has 0 N–H and O–H groups in total. The summed E-state index contributed by atoms with van der Waals surface area (Å²) in [5.74, 6) is 0. The lowest BCUT2D eigenvalue weighted by Gasteiger charge is -2.36. The zero-order valence-electron chi connectivity index (χ0n) is 22.1. The average Bonchev–Trinajstić information content (AvgIpc) is 3.38. The lowest BCUT2D eigenvalue weighted by Crippen LogP contribution is -2.41. The largest absolute Gasteiger partial charge is 0.414 e. The van der Waals surface area contributed by atoms with Crippen molar-refractivity contribution in [3.8, 4) is 11.1 Å². The van der Waals surface area contributed by atoms with Crippen LogP contribution in [-0.2, 0) is 27.6 Å². The second-order valence-corrected chi connectivity index (χ2v) is 15.7. The molecule has 1 aliphatic rings. The second-order valence-electron chi connectivity index (χ2n) is 10.9. The van der Waals surface area contributed by atoms with Crippen LogP contribution in [0.4, 0.5) is 0 Å². The van der Waals surface area contributed by atoms with Crippen LogP contribution >= 0.6 is 0 Å². The standard InChI is InChI=1S/C27H40N4O3Si/c1-8-23-21-17-20(12-13-24(21)31(29-23)26-11-9-10-14-33-26)22-18-28-30(5)25(22)19-32-15-16-34-35(6,7)27(2,3)4/h8,12-13,17-18,26H,1,9-11,14-16,19H2,2-7H3. The van der Waals surface area contributed by atoms with Crippen molar-refractivity contribution < 1.29 is 13.9 Å². The van der Waals surface area contributed by atoms with Crippen molar-refractivity contribution in [2.45, 2.75) is 71.0 Å². The van der Waals surface area contributed by atoms with Crippen molar-refractivity contribution in [2.24, 2.45) is 7.05 Å². The summed E-state index contributed by atoms with van der Waals surface area (Å²) in [6.07, 6.45) is 6.98. The molecule has 3 heterocycles. The highest BCUT2D eigenvalue weighted by Gasteiger charge is 2.36. The van der Waals surface area contributed by atoms with Crippen molar-refractivity contribution in [2.75, 3.05) is 19.8 Å². The molecule has 8 heteroatoms. The SMILES string of the molecule is C=Cc1nn(C2CCCCO2)c2ccc(-c3cnn(C)c3COCCO[Si](C)(C)C(C)(C)C)cc12. The second kappa shape index (κ2) is 10.4. The van der Waals surface area contributed by atoms with Crippen LogP contribution in [0.1, 0.15) is 57.6 Å². The van der Waals surface area contributed by atoms with Gasteiger partial charge in [-0.2, -0.15) is 10.2 Å². The van der Waals surface area contributed by atoms with Crippen molar-refractivity contribution >= 4 is 25.3 Å². The monoisotopic (exact) mass is 496 g/mol. The first-order valence-electron chi connectivity index (χ1n) is 12.6. The summed E-state index contributed by atoms with van der Waals surface area (Å²) in [6.45, 7) is 17.7. The zero-order chi connectivity index (χ0) is 25.2.